The molecule has 1 saturated heterocycles. The van der Waals surface area contributed by atoms with Crippen LogP contribution in [0.2, 0.25) is 0 Å². The number of likely N-dealkylation sites (tertiary alicyclic amines) is 1. The van der Waals surface area contributed by atoms with Gasteiger partial charge in [0.1, 0.15) is 0 Å². The molecule has 0 atom stereocenters. The first-order valence-corrected chi connectivity index (χ1v) is 7.21. The van der Waals surface area contributed by atoms with Crippen LogP contribution in [0.25, 0.3) is 0 Å². The highest BCUT2D eigenvalue weighted by Crippen LogP contribution is 2.37. The average molecular weight is 267 g/mol. The van der Waals surface area contributed by atoms with Gasteiger partial charge in [-0.2, -0.15) is 0 Å². The zero-order valence-electron chi connectivity index (χ0n) is 10.2. The summed E-state index contributed by atoms with van der Waals surface area (Å²) < 4.78 is 0. The standard InChI is InChI=1S/C12H17N3O2S/c16-12(17)14-4-1-9(2-5-14)7-10-8-15-6-3-13-11(15)18-10/h8-9H,1-7H2,(H,16,17). The molecule has 1 fully saturated rings. The van der Waals surface area contributed by atoms with Gasteiger partial charge in [0.05, 0.1) is 6.54 Å². The van der Waals surface area contributed by atoms with Gasteiger partial charge in [-0.15, -0.1) is 0 Å². The summed E-state index contributed by atoms with van der Waals surface area (Å²) in [5.74, 6) is 0.625. The molecule has 18 heavy (non-hydrogen) atoms. The van der Waals surface area contributed by atoms with Gasteiger partial charge in [0.2, 0.25) is 0 Å². The van der Waals surface area contributed by atoms with E-state index in [1.807, 2.05) is 0 Å². The maximum Gasteiger partial charge on any atom is 0.407 e. The van der Waals surface area contributed by atoms with E-state index < -0.39 is 6.09 Å². The lowest BCUT2D eigenvalue weighted by atomic mass is 9.93. The Balaban J connectivity index is 1.50. The topological polar surface area (TPSA) is 56.1 Å². The van der Waals surface area contributed by atoms with Crippen molar-refractivity contribution in [3.05, 3.63) is 11.1 Å². The van der Waals surface area contributed by atoms with Gasteiger partial charge in [0.15, 0.2) is 5.17 Å². The molecule has 0 unspecified atom stereocenters. The molecule has 5 nitrogen and oxygen atoms in total. The molecule has 0 aromatic heterocycles. The molecule has 3 aliphatic heterocycles. The number of aliphatic imine (C=N–C) groups is 1. The molecule has 1 N–H and O–H groups in total. The number of fused-ring (bicyclic) bond motifs is 1. The van der Waals surface area contributed by atoms with E-state index in [0.29, 0.717) is 19.0 Å². The smallest absolute Gasteiger partial charge is 0.407 e. The third-order valence-corrected chi connectivity index (χ3v) is 4.81. The Morgan fingerprint density at radius 2 is 2.22 bits per heavy atom. The highest BCUT2D eigenvalue weighted by molar-refractivity contribution is 8.17. The first kappa shape index (κ1) is 11.9. The van der Waals surface area contributed by atoms with E-state index in [1.54, 1.807) is 11.8 Å². The summed E-state index contributed by atoms with van der Waals surface area (Å²) in [6.45, 7) is 3.30. The van der Waals surface area contributed by atoms with E-state index in [1.165, 1.54) is 9.81 Å². The van der Waals surface area contributed by atoms with Crippen LogP contribution in [-0.2, 0) is 0 Å². The second kappa shape index (κ2) is 4.84. The molecule has 0 saturated carbocycles. The van der Waals surface area contributed by atoms with Crippen molar-refractivity contribution in [1.29, 1.82) is 0 Å². The summed E-state index contributed by atoms with van der Waals surface area (Å²) in [5.41, 5.74) is 0. The number of hydrogen-bond acceptors (Lipinski definition) is 4. The van der Waals surface area contributed by atoms with Crippen LogP contribution in [0.5, 0.6) is 0 Å². The Bertz CT molecular complexity index is 414. The van der Waals surface area contributed by atoms with Crippen molar-refractivity contribution >= 4 is 23.0 Å². The minimum atomic E-state index is -0.780. The molecule has 6 heteroatoms. The summed E-state index contributed by atoms with van der Waals surface area (Å²) in [4.78, 5) is 20.4. The average Bonchev–Trinajstić information content (AvgIpc) is 2.90. The van der Waals surface area contributed by atoms with E-state index in [2.05, 4.69) is 16.1 Å². The number of amidine groups is 1. The van der Waals surface area contributed by atoms with Crippen LogP contribution >= 0.6 is 11.8 Å². The van der Waals surface area contributed by atoms with E-state index in [4.69, 9.17) is 5.11 Å². The van der Waals surface area contributed by atoms with Gasteiger partial charge in [-0.05, 0) is 25.2 Å². The van der Waals surface area contributed by atoms with Gasteiger partial charge in [-0.1, -0.05) is 11.8 Å². The van der Waals surface area contributed by atoms with Gasteiger partial charge >= 0.3 is 6.09 Å². The van der Waals surface area contributed by atoms with Crippen molar-refractivity contribution in [2.45, 2.75) is 19.3 Å². The van der Waals surface area contributed by atoms with E-state index >= 15 is 0 Å². The van der Waals surface area contributed by atoms with Crippen LogP contribution in [0.1, 0.15) is 19.3 Å². The molecule has 98 valence electrons. The predicted molar refractivity (Wildman–Crippen MR) is 71.6 cm³/mol. The van der Waals surface area contributed by atoms with E-state index in [0.717, 1.165) is 37.5 Å². The van der Waals surface area contributed by atoms with Gasteiger partial charge < -0.3 is 14.9 Å². The Morgan fingerprint density at radius 3 is 2.89 bits per heavy atom. The molecule has 0 aromatic carbocycles. The fraction of sp³-hybridized carbons (Fsp3) is 0.667. The lowest BCUT2D eigenvalue weighted by Gasteiger charge is -2.29. The quantitative estimate of drug-likeness (QED) is 0.831. The molecular formula is C12H17N3O2S. The van der Waals surface area contributed by atoms with Crippen molar-refractivity contribution in [2.75, 3.05) is 26.2 Å². The Hall–Kier alpha value is -1.17. The second-order valence-electron chi connectivity index (χ2n) is 4.97. The molecule has 0 bridgehead atoms. The summed E-state index contributed by atoms with van der Waals surface area (Å²) in [7, 11) is 0. The van der Waals surface area contributed by atoms with Crippen molar-refractivity contribution in [3.8, 4) is 0 Å². The van der Waals surface area contributed by atoms with Crippen molar-refractivity contribution in [1.82, 2.24) is 9.80 Å². The molecule has 3 rings (SSSR count). The summed E-state index contributed by atoms with van der Waals surface area (Å²) in [5, 5.41) is 10.1. The van der Waals surface area contributed by atoms with Gasteiger partial charge in [-0.25, -0.2) is 4.79 Å². The Kier molecular flexibility index (Phi) is 3.20. The number of carbonyl (C=O) groups is 1. The highest BCUT2D eigenvalue weighted by Gasteiger charge is 2.28. The fourth-order valence-electron chi connectivity index (χ4n) is 2.68. The second-order valence-corrected chi connectivity index (χ2v) is 6.07. The van der Waals surface area contributed by atoms with Gasteiger partial charge in [-0.3, -0.25) is 4.99 Å². The lowest BCUT2D eigenvalue weighted by Crippen LogP contribution is -2.37. The number of rotatable bonds is 2. The van der Waals surface area contributed by atoms with Crippen molar-refractivity contribution < 1.29 is 9.90 Å². The molecule has 3 heterocycles. The number of nitrogens with zero attached hydrogens (tertiary/aromatic N) is 3. The molecule has 0 spiro atoms. The summed E-state index contributed by atoms with van der Waals surface area (Å²) in [6, 6.07) is 0. The lowest BCUT2D eigenvalue weighted by molar-refractivity contribution is 0.125. The largest absolute Gasteiger partial charge is 0.465 e. The Labute approximate surface area is 111 Å². The number of thioether (sulfide) groups is 1. The minimum Gasteiger partial charge on any atom is -0.465 e. The number of hydrogen-bond donors (Lipinski definition) is 1. The third kappa shape index (κ3) is 2.34. The van der Waals surface area contributed by atoms with Crippen LogP contribution in [0, 0.1) is 5.92 Å². The Morgan fingerprint density at radius 1 is 1.44 bits per heavy atom. The van der Waals surface area contributed by atoms with Crippen LogP contribution in [-0.4, -0.2) is 52.3 Å². The molecule has 1 amide bonds. The number of carboxylic acid groups (broad SMARTS) is 1. The first-order chi connectivity index (χ1) is 8.72. The molecule has 0 aliphatic carbocycles. The maximum absolute atomic E-state index is 10.8. The van der Waals surface area contributed by atoms with Crippen molar-refractivity contribution in [3.63, 3.8) is 0 Å². The van der Waals surface area contributed by atoms with Crippen LogP contribution < -0.4 is 0 Å². The first-order valence-electron chi connectivity index (χ1n) is 6.40. The number of amides is 1. The van der Waals surface area contributed by atoms with Gasteiger partial charge in [0.25, 0.3) is 0 Å². The fourth-order valence-corrected chi connectivity index (χ4v) is 3.83. The van der Waals surface area contributed by atoms with Crippen LogP contribution in [0.3, 0.4) is 0 Å². The molecular weight excluding hydrogens is 250 g/mol. The number of allylic oxidation sites excluding steroid dienone is 1. The predicted octanol–water partition coefficient (Wildman–Crippen LogP) is 2.03. The SMILES string of the molecule is O=C(O)N1CCC(CC2=CN3CCN=C3S2)CC1. The molecule has 0 radical (unpaired) electrons. The number of piperidine rings is 1. The minimum absolute atomic E-state index is 0.625. The van der Waals surface area contributed by atoms with Crippen LogP contribution in [0.4, 0.5) is 4.79 Å². The zero-order chi connectivity index (χ0) is 12.5. The summed E-state index contributed by atoms with van der Waals surface area (Å²) in [6.07, 6.45) is 4.49. The third-order valence-electron chi connectivity index (χ3n) is 3.73. The van der Waals surface area contributed by atoms with E-state index in [-0.39, 0.29) is 0 Å². The molecule has 0 aromatic rings. The summed E-state index contributed by atoms with van der Waals surface area (Å²) >= 11 is 1.79. The maximum atomic E-state index is 10.8. The normalized spacial score (nSPS) is 24.0. The highest BCUT2D eigenvalue weighted by atomic mass is 32.2. The molecule has 3 aliphatic rings. The van der Waals surface area contributed by atoms with E-state index in [9.17, 15) is 4.79 Å². The van der Waals surface area contributed by atoms with Crippen molar-refractivity contribution in [2.24, 2.45) is 10.9 Å². The monoisotopic (exact) mass is 267 g/mol. The van der Waals surface area contributed by atoms with Crippen LogP contribution in [0.15, 0.2) is 16.1 Å². The van der Waals surface area contributed by atoms with Gasteiger partial charge in [0, 0.05) is 30.7 Å². The zero-order valence-corrected chi connectivity index (χ0v) is 11.0.